The third kappa shape index (κ3) is 3.14. The summed E-state index contributed by atoms with van der Waals surface area (Å²) in [5.74, 6) is 0.413. The lowest BCUT2D eigenvalue weighted by molar-refractivity contribution is -0.120. The van der Waals surface area contributed by atoms with E-state index >= 15 is 0 Å². The van der Waals surface area contributed by atoms with E-state index in [0.717, 1.165) is 6.42 Å². The minimum absolute atomic E-state index is 0.0627. The van der Waals surface area contributed by atoms with Crippen molar-refractivity contribution in [3.05, 3.63) is 12.2 Å². The van der Waals surface area contributed by atoms with Gasteiger partial charge in [-0.15, -0.1) is 0 Å². The molecule has 1 amide bonds. The van der Waals surface area contributed by atoms with Gasteiger partial charge in [0.05, 0.1) is 11.4 Å². The second-order valence-corrected chi connectivity index (χ2v) is 3.55. The third-order valence-corrected chi connectivity index (χ3v) is 2.53. The van der Waals surface area contributed by atoms with Gasteiger partial charge in [-0.25, -0.2) is 0 Å². The average molecular weight is 248 g/mol. The van der Waals surface area contributed by atoms with Gasteiger partial charge in [-0.1, -0.05) is 28.0 Å². The van der Waals surface area contributed by atoms with Crippen LogP contribution < -0.4 is 5.32 Å². The highest BCUT2D eigenvalue weighted by Gasteiger charge is 2.11. The van der Waals surface area contributed by atoms with Gasteiger partial charge >= 0.3 is 0 Å². The summed E-state index contributed by atoms with van der Waals surface area (Å²) in [5, 5.41) is 6.22. The van der Waals surface area contributed by atoms with E-state index in [-0.39, 0.29) is 10.7 Å². The zero-order valence-electron chi connectivity index (χ0n) is 7.16. The summed E-state index contributed by atoms with van der Waals surface area (Å²) in [7, 11) is 0. The maximum absolute atomic E-state index is 11.2. The van der Waals surface area contributed by atoms with E-state index in [2.05, 4.69) is 35.9 Å². The fourth-order valence-corrected chi connectivity index (χ4v) is 0.894. The molecule has 0 aliphatic heterocycles. The number of hydrogen-bond donors (Lipinski definition) is 1. The summed E-state index contributed by atoms with van der Waals surface area (Å²) in [6.45, 7) is 2.23. The van der Waals surface area contributed by atoms with Crippen molar-refractivity contribution in [2.75, 3.05) is 0 Å². The Morgan fingerprint density at radius 2 is 2.62 bits per heavy atom. The van der Waals surface area contributed by atoms with Gasteiger partial charge < -0.3 is 9.84 Å². The van der Waals surface area contributed by atoms with E-state index in [0.29, 0.717) is 12.4 Å². The van der Waals surface area contributed by atoms with E-state index in [1.54, 1.807) is 0 Å². The lowest BCUT2D eigenvalue weighted by Crippen LogP contribution is -2.30. The molecule has 0 aliphatic rings. The summed E-state index contributed by atoms with van der Waals surface area (Å²) < 4.78 is 4.51. The molecule has 1 aromatic rings. The highest BCUT2D eigenvalue weighted by Crippen LogP contribution is 2.03. The van der Waals surface area contributed by atoms with Gasteiger partial charge in [-0.2, -0.15) is 4.98 Å². The molecular formula is C7H10BrN3O2. The summed E-state index contributed by atoms with van der Waals surface area (Å²) >= 11 is 3.23. The molecule has 1 rings (SSSR count). The van der Waals surface area contributed by atoms with Crippen LogP contribution in [0.5, 0.6) is 0 Å². The van der Waals surface area contributed by atoms with Crippen LogP contribution >= 0.6 is 15.9 Å². The Balaban J connectivity index is 2.31. The van der Waals surface area contributed by atoms with Crippen molar-refractivity contribution in [1.29, 1.82) is 0 Å². The van der Waals surface area contributed by atoms with Crippen molar-refractivity contribution in [3.8, 4) is 0 Å². The van der Waals surface area contributed by atoms with Crippen LogP contribution in [0.2, 0.25) is 0 Å². The second kappa shape index (κ2) is 4.96. The monoisotopic (exact) mass is 247 g/mol. The van der Waals surface area contributed by atoms with Gasteiger partial charge in [-0.3, -0.25) is 4.79 Å². The number of halogens is 1. The number of carbonyl (C=O) groups is 1. The van der Waals surface area contributed by atoms with E-state index in [1.165, 1.54) is 6.39 Å². The highest BCUT2D eigenvalue weighted by molar-refractivity contribution is 9.10. The minimum Gasteiger partial charge on any atom is -0.348 e. The van der Waals surface area contributed by atoms with Gasteiger partial charge in [0.1, 0.15) is 0 Å². The largest absolute Gasteiger partial charge is 0.348 e. The summed E-state index contributed by atoms with van der Waals surface area (Å²) in [6, 6.07) is 0. The minimum atomic E-state index is -0.153. The second-order valence-electron chi connectivity index (χ2n) is 2.44. The summed E-state index contributed by atoms with van der Waals surface area (Å²) in [5.41, 5.74) is 0. The van der Waals surface area contributed by atoms with Crippen LogP contribution in [0.3, 0.4) is 0 Å². The molecule has 1 atom stereocenters. The van der Waals surface area contributed by atoms with Gasteiger partial charge in [-0.05, 0) is 6.42 Å². The fourth-order valence-electron chi connectivity index (χ4n) is 0.733. The number of carbonyl (C=O) groups excluding carboxylic acids is 1. The molecule has 1 N–H and O–H groups in total. The maximum Gasteiger partial charge on any atom is 0.234 e. The zero-order valence-corrected chi connectivity index (χ0v) is 8.74. The molecule has 0 saturated heterocycles. The average Bonchev–Trinajstić information content (AvgIpc) is 2.65. The molecule has 0 bridgehead atoms. The number of amides is 1. The molecule has 0 aliphatic carbocycles. The van der Waals surface area contributed by atoms with Crippen LogP contribution in [-0.2, 0) is 11.3 Å². The quantitative estimate of drug-likeness (QED) is 0.802. The van der Waals surface area contributed by atoms with Crippen molar-refractivity contribution < 1.29 is 9.32 Å². The molecule has 0 spiro atoms. The molecule has 5 nitrogen and oxygen atoms in total. The molecular weight excluding hydrogens is 238 g/mol. The Bertz CT molecular complexity index is 263. The number of rotatable bonds is 4. The van der Waals surface area contributed by atoms with Crippen molar-refractivity contribution in [1.82, 2.24) is 15.5 Å². The Morgan fingerprint density at radius 3 is 3.15 bits per heavy atom. The van der Waals surface area contributed by atoms with Crippen molar-refractivity contribution in [3.63, 3.8) is 0 Å². The van der Waals surface area contributed by atoms with Crippen LogP contribution in [0.25, 0.3) is 0 Å². The Kier molecular flexibility index (Phi) is 3.88. The van der Waals surface area contributed by atoms with Crippen molar-refractivity contribution >= 4 is 21.8 Å². The maximum atomic E-state index is 11.2. The fraction of sp³-hybridized carbons (Fsp3) is 0.571. The number of hydrogen-bond acceptors (Lipinski definition) is 4. The number of aromatic nitrogens is 2. The predicted octanol–water partition coefficient (Wildman–Crippen LogP) is 0.859. The molecule has 0 saturated carbocycles. The molecule has 1 aromatic heterocycles. The first kappa shape index (κ1) is 10.2. The molecule has 13 heavy (non-hydrogen) atoms. The van der Waals surface area contributed by atoms with E-state index in [4.69, 9.17) is 0 Å². The smallest absolute Gasteiger partial charge is 0.234 e. The molecule has 0 fully saturated rings. The van der Waals surface area contributed by atoms with Crippen LogP contribution in [-0.4, -0.2) is 20.9 Å². The first-order valence-corrected chi connectivity index (χ1v) is 4.82. The standard InChI is InChI=1S/C7H10BrN3O2/c1-2-5(8)7(12)9-3-6-10-4-13-11-6/h4-5H,2-3H2,1H3,(H,9,12). The SMILES string of the molecule is CCC(Br)C(=O)NCc1ncon1. The molecule has 72 valence electrons. The number of nitrogens with one attached hydrogen (secondary N) is 1. The van der Waals surface area contributed by atoms with Gasteiger partial charge in [0.15, 0.2) is 5.82 Å². The lowest BCUT2D eigenvalue weighted by atomic mass is 10.3. The Morgan fingerprint density at radius 1 is 1.85 bits per heavy atom. The molecule has 6 heteroatoms. The first-order chi connectivity index (χ1) is 6.24. The van der Waals surface area contributed by atoms with Gasteiger partial charge in [0.2, 0.25) is 12.3 Å². The topological polar surface area (TPSA) is 68.0 Å². The Hall–Kier alpha value is -0.910. The van der Waals surface area contributed by atoms with Crippen LogP contribution in [0, 0.1) is 0 Å². The van der Waals surface area contributed by atoms with Crippen molar-refractivity contribution in [2.45, 2.75) is 24.7 Å². The lowest BCUT2D eigenvalue weighted by Gasteiger charge is -2.05. The Labute approximate surface area is 84.0 Å². The normalized spacial score (nSPS) is 12.5. The van der Waals surface area contributed by atoms with Crippen molar-refractivity contribution in [2.24, 2.45) is 0 Å². The van der Waals surface area contributed by atoms with E-state index in [9.17, 15) is 4.79 Å². The molecule has 1 heterocycles. The van der Waals surface area contributed by atoms with E-state index < -0.39 is 0 Å². The van der Waals surface area contributed by atoms with Crippen LogP contribution in [0.4, 0.5) is 0 Å². The molecule has 1 unspecified atom stereocenters. The number of nitrogens with zero attached hydrogens (tertiary/aromatic N) is 2. The number of alkyl halides is 1. The first-order valence-electron chi connectivity index (χ1n) is 3.91. The molecule has 0 radical (unpaired) electrons. The predicted molar refractivity (Wildman–Crippen MR) is 49.2 cm³/mol. The van der Waals surface area contributed by atoms with E-state index in [1.807, 2.05) is 6.92 Å². The summed E-state index contributed by atoms with van der Waals surface area (Å²) in [4.78, 5) is 14.8. The third-order valence-electron chi connectivity index (χ3n) is 1.47. The van der Waals surface area contributed by atoms with Crippen LogP contribution in [0.1, 0.15) is 19.2 Å². The van der Waals surface area contributed by atoms with Gasteiger partial charge in [0.25, 0.3) is 0 Å². The summed E-state index contributed by atoms with van der Waals surface area (Å²) in [6.07, 6.45) is 1.98. The van der Waals surface area contributed by atoms with Crippen LogP contribution in [0.15, 0.2) is 10.9 Å². The molecule has 0 aromatic carbocycles. The highest BCUT2D eigenvalue weighted by atomic mass is 79.9. The van der Waals surface area contributed by atoms with Gasteiger partial charge in [0, 0.05) is 0 Å². The zero-order chi connectivity index (χ0) is 9.68.